The van der Waals surface area contributed by atoms with Crippen molar-refractivity contribution in [3.63, 3.8) is 0 Å². The predicted octanol–water partition coefficient (Wildman–Crippen LogP) is 3.79. The molecule has 0 radical (unpaired) electrons. The molecule has 2 bridgehead atoms. The van der Waals surface area contributed by atoms with Crippen molar-refractivity contribution < 1.29 is 4.79 Å². The van der Waals surface area contributed by atoms with Crippen molar-refractivity contribution >= 4 is 6.03 Å². The second kappa shape index (κ2) is 7.76. The van der Waals surface area contributed by atoms with E-state index in [0.29, 0.717) is 0 Å². The fourth-order valence-corrected chi connectivity index (χ4v) is 3.52. The van der Waals surface area contributed by atoms with Gasteiger partial charge >= 0.3 is 6.03 Å². The van der Waals surface area contributed by atoms with Crippen molar-refractivity contribution in [2.24, 2.45) is 11.8 Å². The van der Waals surface area contributed by atoms with Gasteiger partial charge in [0, 0.05) is 19.6 Å². The molecule has 1 saturated carbocycles. The Hall–Kier alpha value is -0.730. The summed E-state index contributed by atoms with van der Waals surface area (Å²) in [5.74, 6) is 1.50. The van der Waals surface area contributed by atoms with Crippen LogP contribution in [0.3, 0.4) is 0 Å². The summed E-state index contributed by atoms with van der Waals surface area (Å²) in [5.41, 5.74) is 0. The van der Waals surface area contributed by atoms with Crippen LogP contribution in [0.15, 0.2) is 0 Å². The smallest absolute Gasteiger partial charge is 0.317 e. The Morgan fingerprint density at radius 1 is 1.05 bits per heavy atom. The van der Waals surface area contributed by atoms with Crippen LogP contribution in [0.5, 0.6) is 0 Å². The zero-order chi connectivity index (χ0) is 13.5. The topological polar surface area (TPSA) is 32.3 Å². The third kappa shape index (κ3) is 4.70. The number of fused-ring (bicyclic) bond motifs is 3. The fourth-order valence-electron chi connectivity index (χ4n) is 3.52. The van der Waals surface area contributed by atoms with Gasteiger partial charge in [-0.2, -0.15) is 0 Å². The van der Waals surface area contributed by atoms with Gasteiger partial charge in [0.1, 0.15) is 0 Å². The number of urea groups is 1. The molecule has 2 amide bonds. The minimum atomic E-state index is 0.186. The van der Waals surface area contributed by atoms with Crippen LogP contribution in [0.4, 0.5) is 4.79 Å². The SMILES string of the molecule is CCCCNC(=O)N1CC2CCCCCC(CC2)C1. The van der Waals surface area contributed by atoms with E-state index in [1.165, 1.54) is 44.9 Å². The standard InChI is InChI=1S/C16H30N2O/c1-2-3-11-17-16(19)18-12-14-7-5-4-6-8-15(13-18)10-9-14/h14-15H,2-13H2,1H3,(H,17,19). The van der Waals surface area contributed by atoms with E-state index in [1.807, 2.05) is 0 Å². The second-order valence-corrected chi connectivity index (χ2v) is 6.44. The highest BCUT2D eigenvalue weighted by Gasteiger charge is 2.27. The van der Waals surface area contributed by atoms with Crippen molar-refractivity contribution in [2.45, 2.75) is 64.7 Å². The van der Waals surface area contributed by atoms with Crippen molar-refractivity contribution in [3.05, 3.63) is 0 Å². The molecule has 1 aliphatic carbocycles. The number of likely N-dealkylation sites (tertiary alicyclic amines) is 1. The lowest BCUT2D eigenvalue weighted by Crippen LogP contribution is -2.43. The molecule has 1 N–H and O–H groups in total. The number of hydrogen-bond acceptors (Lipinski definition) is 1. The molecule has 2 unspecified atom stereocenters. The Labute approximate surface area is 118 Å². The molecule has 1 saturated heterocycles. The van der Waals surface area contributed by atoms with E-state index >= 15 is 0 Å². The summed E-state index contributed by atoms with van der Waals surface area (Å²) in [5, 5.41) is 3.09. The molecular weight excluding hydrogens is 236 g/mol. The molecule has 0 aromatic heterocycles. The first-order valence-electron chi connectivity index (χ1n) is 8.32. The second-order valence-electron chi connectivity index (χ2n) is 6.44. The van der Waals surface area contributed by atoms with Crippen molar-refractivity contribution in [2.75, 3.05) is 19.6 Å². The first-order valence-corrected chi connectivity index (χ1v) is 8.32. The van der Waals surface area contributed by atoms with E-state index < -0.39 is 0 Å². The van der Waals surface area contributed by atoms with Crippen LogP contribution < -0.4 is 5.32 Å². The Morgan fingerprint density at radius 3 is 2.26 bits per heavy atom. The summed E-state index contributed by atoms with van der Waals surface area (Å²) in [6.07, 6.45) is 11.7. The highest BCUT2D eigenvalue weighted by Crippen LogP contribution is 2.30. The van der Waals surface area contributed by atoms with Gasteiger partial charge in [0.15, 0.2) is 0 Å². The van der Waals surface area contributed by atoms with Crippen LogP contribution >= 0.6 is 0 Å². The quantitative estimate of drug-likeness (QED) is 0.774. The molecule has 2 atom stereocenters. The largest absolute Gasteiger partial charge is 0.338 e. The normalized spacial score (nSPS) is 28.2. The molecule has 19 heavy (non-hydrogen) atoms. The minimum Gasteiger partial charge on any atom is -0.338 e. The van der Waals surface area contributed by atoms with Crippen molar-refractivity contribution in [3.8, 4) is 0 Å². The first kappa shape index (κ1) is 14.7. The summed E-state index contributed by atoms with van der Waals surface area (Å²) < 4.78 is 0. The molecular formula is C16H30N2O. The van der Waals surface area contributed by atoms with Gasteiger partial charge in [-0.1, -0.05) is 32.6 Å². The summed E-state index contributed by atoms with van der Waals surface area (Å²) in [7, 11) is 0. The number of rotatable bonds is 3. The zero-order valence-corrected chi connectivity index (χ0v) is 12.5. The molecule has 110 valence electrons. The monoisotopic (exact) mass is 266 g/mol. The highest BCUT2D eigenvalue weighted by atomic mass is 16.2. The summed E-state index contributed by atoms with van der Waals surface area (Å²) in [6, 6.07) is 0.186. The molecule has 0 spiro atoms. The van der Waals surface area contributed by atoms with Gasteiger partial charge in [0.25, 0.3) is 0 Å². The van der Waals surface area contributed by atoms with Crippen LogP contribution in [0, 0.1) is 11.8 Å². The van der Waals surface area contributed by atoms with Gasteiger partial charge in [0.2, 0.25) is 0 Å². The molecule has 0 aromatic carbocycles. The van der Waals surface area contributed by atoms with Gasteiger partial charge in [-0.15, -0.1) is 0 Å². The maximum absolute atomic E-state index is 12.3. The fraction of sp³-hybridized carbons (Fsp3) is 0.938. The van der Waals surface area contributed by atoms with Gasteiger partial charge in [-0.05, 0) is 43.9 Å². The van der Waals surface area contributed by atoms with Crippen molar-refractivity contribution in [1.82, 2.24) is 10.2 Å². The molecule has 3 nitrogen and oxygen atoms in total. The van der Waals surface area contributed by atoms with Gasteiger partial charge in [-0.3, -0.25) is 0 Å². The number of hydrogen-bond donors (Lipinski definition) is 1. The molecule has 1 aliphatic heterocycles. The van der Waals surface area contributed by atoms with E-state index in [2.05, 4.69) is 17.1 Å². The lowest BCUT2D eigenvalue weighted by atomic mass is 9.95. The average molecular weight is 266 g/mol. The summed E-state index contributed by atoms with van der Waals surface area (Å²) in [6.45, 7) is 4.99. The average Bonchev–Trinajstić information content (AvgIpc) is 2.55. The Kier molecular flexibility index (Phi) is 5.99. The Bertz CT molecular complexity index is 264. The maximum atomic E-state index is 12.3. The number of amides is 2. The molecule has 3 heteroatoms. The highest BCUT2D eigenvalue weighted by molar-refractivity contribution is 5.74. The lowest BCUT2D eigenvalue weighted by Gasteiger charge is -2.27. The number of nitrogens with zero attached hydrogens (tertiary/aromatic N) is 1. The molecule has 2 fully saturated rings. The predicted molar refractivity (Wildman–Crippen MR) is 79.2 cm³/mol. The number of nitrogens with one attached hydrogen (secondary N) is 1. The minimum absolute atomic E-state index is 0.186. The van der Waals surface area contributed by atoms with E-state index in [1.54, 1.807) is 0 Å². The van der Waals surface area contributed by atoms with E-state index in [9.17, 15) is 4.79 Å². The summed E-state index contributed by atoms with van der Waals surface area (Å²) in [4.78, 5) is 14.4. The molecule has 1 heterocycles. The van der Waals surface area contributed by atoms with Crippen molar-refractivity contribution in [1.29, 1.82) is 0 Å². The van der Waals surface area contributed by atoms with Crippen LogP contribution in [0.1, 0.15) is 64.7 Å². The number of carbonyl (C=O) groups excluding carboxylic acids is 1. The molecule has 0 aromatic rings. The Morgan fingerprint density at radius 2 is 1.68 bits per heavy atom. The van der Waals surface area contributed by atoms with Crippen LogP contribution in [-0.4, -0.2) is 30.6 Å². The van der Waals surface area contributed by atoms with Gasteiger partial charge < -0.3 is 10.2 Å². The van der Waals surface area contributed by atoms with Crippen LogP contribution in [0.25, 0.3) is 0 Å². The van der Waals surface area contributed by atoms with E-state index in [4.69, 9.17) is 0 Å². The maximum Gasteiger partial charge on any atom is 0.317 e. The Balaban J connectivity index is 1.90. The molecule has 2 aliphatic rings. The van der Waals surface area contributed by atoms with Crippen LogP contribution in [0.2, 0.25) is 0 Å². The third-order valence-corrected chi connectivity index (χ3v) is 4.76. The van der Waals surface area contributed by atoms with Gasteiger partial charge in [0.05, 0.1) is 0 Å². The zero-order valence-electron chi connectivity index (χ0n) is 12.5. The van der Waals surface area contributed by atoms with E-state index in [0.717, 1.165) is 44.3 Å². The molecule has 2 rings (SSSR count). The van der Waals surface area contributed by atoms with Crippen LogP contribution in [-0.2, 0) is 0 Å². The summed E-state index contributed by atoms with van der Waals surface area (Å²) >= 11 is 0. The number of unbranched alkanes of at least 4 members (excludes halogenated alkanes) is 1. The van der Waals surface area contributed by atoms with E-state index in [-0.39, 0.29) is 6.03 Å². The first-order chi connectivity index (χ1) is 9.29. The lowest BCUT2D eigenvalue weighted by molar-refractivity contribution is 0.181. The number of carbonyl (C=O) groups is 1. The third-order valence-electron chi connectivity index (χ3n) is 4.76. The van der Waals surface area contributed by atoms with Gasteiger partial charge in [-0.25, -0.2) is 4.79 Å².